The zero-order valence-corrected chi connectivity index (χ0v) is 20.7. The first-order valence-corrected chi connectivity index (χ1v) is 13.3. The molecule has 2 aliphatic carbocycles. The first-order chi connectivity index (χ1) is 16.3. The van der Waals surface area contributed by atoms with E-state index in [4.69, 9.17) is 11.6 Å². The molecule has 11 heteroatoms. The van der Waals surface area contributed by atoms with E-state index in [0.29, 0.717) is 29.4 Å². The van der Waals surface area contributed by atoms with Crippen molar-refractivity contribution in [3.63, 3.8) is 0 Å². The molecule has 1 unspecified atom stereocenters. The van der Waals surface area contributed by atoms with Crippen LogP contribution in [0.3, 0.4) is 0 Å². The van der Waals surface area contributed by atoms with E-state index in [2.05, 4.69) is 15.4 Å². The van der Waals surface area contributed by atoms with Gasteiger partial charge in [-0.15, -0.1) is 0 Å². The summed E-state index contributed by atoms with van der Waals surface area (Å²) in [7, 11) is -0.594. The summed E-state index contributed by atoms with van der Waals surface area (Å²) < 4.78 is 42.4. The van der Waals surface area contributed by atoms with Gasteiger partial charge >= 0.3 is 0 Å². The molecular formula is C23H28ClFN6O2S. The maximum Gasteiger partial charge on any atom is 0.239 e. The Morgan fingerprint density at radius 2 is 1.97 bits per heavy atom. The second-order valence-corrected chi connectivity index (χ2v) is 11.9. The quantitative estimate of drug-likeness (QED) is 0.672. The van der Waals surface area contributed by atoms with Gasteiger partial charge in [0.2, 0.25) is 10.0 Å². The molecule has 182 valence electrons. The Labute approximate surface area is 204 Å². The average Bonchev–Trinajstić information content (AvgIpc) is 3.15. The van der Waals surface area contributed by atoms with Crippen molar-refractivity contribution in [3.8, 4) is 0 Å². The third-order valence-electron chi connectivity index (χ3n) is 6.99. The standard InChI is InChI=1S/C23H28ClFN6O2S/c1-29(2)34(32,33)23-18-10-7-16(24)12-20(18)27-13-21-30(23)14-28-31(21)17-8-5-15(6-9-17)22-19(25)4-3-11-26-22/h3-4,11-15,17,23,27H,5-10H2,1-2H3. The van der Waals surface area contributed by atoms with E-state index in [0.717, 1.165) is 37.0 Å². The number of fused-ring (bicyclic) bond motifs is 1. The monoisotopic (exact) mass is 506 g/mol. The summed E-state index contributed by atoms with van der Waals surface area (Å²) in [6.07, 6.45) is 11.2. The van der Waals surface area contributed by atoms with Gasteiger partial charge in [0.25, 0.3) is 0 Å². The highest BCUT2D eigenvalue weighted by atomic mass is 35.5. The van der Waals surface area contributed by atoms with Crippen molar-refractivity contribution in [2.24, 2.45) is 5.10 Å². The number of aromatic nitrogens is 1. The zero-order chi connectivity index (χ0) is 24.0. The fraction of sp³-hybridized carbons (Fsp3) is 0.478. The molecule has 34 heavy (non-hydrogen) atoms. The lowest BCUT2D eigenvalue weighted by Crippen LogP contribution is -2.47. The molecule has 0 bridgehead atoms. The van der Waals surface area contributed by atoms with Crippen molar-refractivity contribution >= 4 is 28.0 Å². The van der Waals surface area contributed by atoms with E-state index in [1.165, 1.54) is 10.4 Å². The molecule has 1 aromatic heterocycles. The number of hydrogen-bond acceptors (Lipinski definition) is 7. The normalized spacial score (nSPS) is 27.1. The van der Waals surface area contributed by atoms with Crippen molar-refractivity contribution in [3.05, 3.63) is 64.2 Å². The lowest BCUT2D eigenvalue weighted by Gasteiger charge is -2.36. The number of hydrogen-bond donors (Lipinski definition) is 1. The van der Waals surface area contributed by atoms with Crippen molar-refractivity contribution in [1.29, 1.82) is 0 Å². The van der Waals surface area contributed by atoms with Gasteiger partial charge in [0.15, 0.2) is 5.37 Å². The maximum absolute atomic E-state index is 14.2. The van der Waals surface area contributed by atoms with E-state index >= 15 is 0 Å². The summed E-state index contributed by atoms with van der Waals surface area (Å²) in [5.41, 5.74) is 2.02. The second kappa shape index (κ2) is 8.98. The summed E-state index contributed by atoms with van der Waals surface area (Å²) >= 11 is 6.28. The fourth-order valence-corrected chi connectivity index (χ4v) is 6.83. The largest absolute Gasteiger partial charge is 0.358 e. The van der Waals surface area contributed by atoms with Crippen molar-refractivity contribution in [2.75, 3.05) is 14.1 Å². The van der Waals surface area contributed by atoms with Gasteiger partial charge in [-0.3, -0.25) is 9.88 Å². The molecule has 0 aromatic carbocycles. The number of nitrogens with one attached hydrogen (secondary N) is 1. The molecule has 5 rings (SSSR count). The summed E-state index contributed by atoms with van der Waals surface area (Å²) in [5.74, 6) is 0.499. The van der Waals surface area contributed by atoms with E-state index < -0.39 is 15.4 Å². The van der Waals surface area contributed by atoms with Crippen LogP contribution in [0.5, 0.6) is 0 Å². The molecule has 0 radical (unpaired) electrons. The first-order valence-electron chi connectivity index (χ1n) is 11.5. The maximum atomic E-state index is 14.2. The minimum absolute atomic E-state index is 0.0736. The fourth-order valence-electron chi connectivity index (χ4n) is 5.18. The lowest BCUT2D eigenvalue weighted by atomic mass is 9.83. The van der Waals surface area contributed by atoms with Crippen LogP contribution in [0.25, 0.3) is 0 Å². The predicted octanol–water partition coefficient (Wildman–Crippen LogP) is 3.60. The Bertz CT molecular complexity index is 1200. The Balaban J connectivity index is 1.41. The Morgan fingerprint density at radius 1 is 1.21 bits per heavy atom. The van der Waals surface area contributed by atoms with E-state index in [9.17, 15) is 12.8 Å². The lowest BCUT2D eigenvalue weighted by molar-refractivity contribution is 0.179. The van der Waals surface area contributed by atoms with Crippen LogP contribution >= 0.6 is 11.6 Å². The third-order valence-corrected chi connectivity index (χ3v) is 9.39. The van der Waals surface area contributed by atoms with Gasteiger partial charge in [0, 0.05) is 43.1 Å². The van der Waals surface area contributed by atoms with Crippen LogP contribution in [0, 0.1) is 5.82 Å². The molecule has 8 nitrogen and oxygen atoms in total. The molecule has 0 spiro atoms. The van der Waals surface area contributed by atoms with Crippen molar-refractivity contribution < 1.29 is 12.8 Å². The molecule has 1 atom stereocenters. The van der Waals surface area contributed by atoms with Crippen LogP contribution in [0.4, 0.5) is 4.39 Å². The van der Waals surface area contributed by atoms with Gasteiger partial charge in [-0.25, -0.2) is 22.1 Å². The number of sulfonamides is 1. The van der Waals surface area contributed by atoms with E-state index in [1.807, 2.05) is 17.3 Å². The number of rotatable bonds is 4. The van der Waals surface area contributed by atoms with E-state index in [1.54, 1.807) is 37.6 Å². The van der Waals surface area contributed by atoms with Gasteiger partial charge in [0.05, 0.1) is 11.7 Å². The summed E-state index contributed by atoms with van der Waals surface area (Å²) in [5, 5.41) is 9.60. The molecule has 3 heterocycles. The molecule has 0 amide bonds. The van der Waals surface area contributed by atoms with E-state index in [-0.39, 0.29) is 17.8 Å². The predicted molar refractivity (Wildman–Crippen MR) is 129 cm³/mol. The minimum atomic E-state index is -3.69. The second-order valence-electron chi connectivity index (χ2n) is 9.22. The third kappa shape index (κ3) is 4.01. The molecule has 1 N–H and O–H groups in total. The molecule has 1 aromatic rings. The highest BCUT2D eigenvalue weighted by Gasteiger charge is 2.45. The highest BCUT2D eigenvalue weighted by molar-refractivity contribution is 7.89. The summed E-state index contributed by atoms with van der Waals surface area (Å²) in [6, 6.07) is 3.15. The van der Waals surface area contributed by atoms with Gasteiger partial charge in [-0.1, -0.05) is 11.6 Å². The molecular weight excluding hydrogens is 479 g/mol. The number of hydrazone groups is 1. The smallest absolute Gasteiger partial charge is 0.239 e. The highest BCUT2D eigenvalue weighted by Crippen LogP contribution is 2.41. The van der Waals surface area contributed by atoms with Crippen LogP contribution in [-0.4, -0.2) is 59.5 Å². The number of pyridine rings is 1. The minimum Gasteiger partial charge on any atom is -0.358 e. The summed E-state index contributed by atoms with van der Waals surface area (Å²) in [6.45, 7) is 0. The molecule has 4 aliphatic rings. The zero-order valence-electron chi connectivity index (χ0n) is 19.2. The van der Waals surface area contributed by atoms with Crippen molar-refractivity contribution in [1.82, 2.24) is 24.5 Å². The molecule has 1 fully saturated rings. The molecule has 0 saturated heterocycles. The Morgan fingerprint density at radius 3 is 2.68 bits per heavy atom. The first kappa shape index (κ1) is 23.3. The van der Waals surface area contributed by atoms with Gasteiger partial charge in [-0.05, 0) is 62.3 Å². The molecule has 2 aliphatic heterocycles. The number of nitrogens with zero attached hydrogens (tertiary/aromatic N) is 5. The van der Waals surface area contributed by atoms with Crippen LogP contribution in [0.1, 0.15) is 50.1 Å². The molecule has 1 saturated carbocycles. The van der Waals surface area contributed by atoms with Crippen LogP contribution < -0.4 is 5.32 Å². The number of halogens is 2. The average molecular weight is 507 g/mol. The Kier molecular flexibility index (Phi) is 6.16. The van der Waals surface area contributed by atoms with Crippen LogP contribution in [-0.2, 0) is 10.0 Å². The summed E-state index contributed by atoms with van der Waals surface area (Å²) in [4.78, 5) is 6.00. The van der Waals surface area contributed by atoms with Gasteiger partial charge in [-0.2, -0.15) is 5.10 Å². The topological polar surface area (TPSA) is 81.1 Å². The number of allylic oxidation sites excluding steroid dienone is 2. The van der Waals surface area contributed by atoms with Crippen molar-refractivity contribution in [2.45, 2.75) is 55.9 Å². The Hall–Kier alpha value is -2.43. The van der Waals surface area contributed by atoms with Gasteiger partial charge in [0.1, 0.15) is 18.0 Å². The van der Waals surface area contributed by atoms with Crippen LogP contribution in [0.2, 0.25) is 0 Å². The van der Waals surface area contributed by atoms with Gasteiger partial charge < -0.3 is 5.32 Å². The SMILES string of the molecule is CN(C)S(=O)(=O)C1C2=C(C=C(Cl)CC2)NC=C2N1C=NN2C1CCC(c2ncccc2F)CC1. The van der Waals surface area contributed by atoms with Crippen LogP contribution in [0.15, 0.2) is 57.8 Å².